The first kappa shape index (κ1) is 19.3. The predicted molar refractivity (Wildman–Crippen MR) is 102 cm³/mol. The molecule has 0 saturated carbocycles. The third-order valence-electron chi connectivity index (χ3n) is 3.77. The van der Waals surface area contributed by atoms with Gasteiger partial charge in [0.05, 0.1) is 11.6 Å². The van der Waals surface area contributed by atoms with Crippen molar-refractivity contribution >= 4 is 11.6 Å². The summed E-state index contributed by atoms with van der Waals surface area (Å²) >= 11 is 5.91. The highest BCUT2D eigenvalue weighted by Gasteiger charge is 2.08. The Balaban J connectivity index is 1.90. The molecule has 0 bridgehead atoms. The molecule has 132 valence electrons. The van der Waals surface area contributed by atoms with Gasteiger partial charge in [-0.25, -0.2) is 0 Å². The van der Waals surface area contributed by atoms with Gasteiger partial charge in [0.1, 0.15) is 12.4 Å². The topological polar surface area (TPSA) is 39.5 Å². The lowest BCUT2D eigenvalue weighted by Gasteiger charge is -2.19. The molecule has 2 rings (SSSR count). The highest BCUT2D eigenvalue weighted by molar-refractivity contribution is 6.30. The lowest BCUT2D eigenvalue weighted by atomic mass is 10.1. The molecule has 0 N–H and O–H groups in total. The SMILES string of the molecule is CN(C)Cc1cc(C#N)ccc1OCCN(C)Cc1ccc(Cl)cc1. The van der Waals surface area contributed by atoms with E-state index in [4.69, 9.17) is 21.6 Å². The molecule has 4 nitrogen and oxygen atoms in total. The average Bonchev–Trinajstić information content (AvgIpc) is 2.57. The van der Waals surface area contributed by atoms with Crippen molar-refractivity contribution in [1.82, 2.24) is 9.80 Å². The second-order valence-electron chi connectivity index (χ2n) is 6.38. The van der Waals surface area contributed by atoms with E-state index in [-0.39, 0.29) is 0 Å². The summed E-state index contributed by atoms with van der Waals surface area (Å²) in [6, 6.07) is 15.7. The summed E-state index contributed by atoms with van der Waals surface area (Å²) in [5.41, 5.74) is 2.91. The Labute approximate surface area is 155 Å². The van der Waals surface area contributed by atoms with Gasteiger partial charge < -0.3 is 9.64 Å². The summed E-state index contributed by atoms with van der Waals surface area (Å²) in [5.74, 6) is 0.840. The molecule has 25 heavy (non-hydrogen) atoms. The van der Waals surface area contributed by atoms with Gasteiger partial charge in [-0.15, -0.1) is 0 Å². The van der Waals surface area contributed by atoms with E-state index in [1.807, 2.05) is 50.5 Å². The Morgan fingerprint density at radius 1 is 1.04 bits per heavy atom. The van der Waals surface area contributed by atoms with Gasteiger partial charge in [-0.3, -0.25) is 4.90 Å². The fourth-order valence-corrected chi connectivity index (χ4v) is 2.67. The van der Waals surface area contributed by atoms with Gasteiger partial charge in [-0.1, -0.05) is 23.7 Å². The molecule has 0 aliphatic heterocycles. The van der Waals surface area contributed by atoms with Gasteiger partial charge in [0, 0.05) is 30.2 Å². The second-order valence-corrected chi connectivity index (χ2v) is 6.82. The van der Waals surface area contributed by atoms with Crippen LogP contribution in [0.1, 0.15) is 16.7 Å². The summed E-state index contributed by atoms with van der Waals surface area (Å²) < 4.78 is 5.97. The number of halogens is 1. The monoisotopic (exact) mass is 357 g/mol. The number of hydrogen-bond donors (Lipinski definition) is 0. The molecule has 0 saturated heterocycles. The number of likely N-dealkylation sites (N-methyl/N-ethyl adjacent to an activating group) is 1. The molecule has 0 aliphatic rings. The lowest BCUT2D eigenvalue weighted by Crippen LogP contribution is -2.24. The summed E-state index contributed by atoms with van der Waals surface area (Å²) in [4.78, 5) is 4.27. The molecular formula is C20H24ClN3O. The van der Waals surface area contributed by atoms with Gasteiger partial charge in [-0.05, 0) is 57.0 Å². The first-order chi connectivity index (χ1) is 12.0. The van der Waals surface area contributed by atoms with Crippen LogP contribution < -0.4 is 4.74 Å². The summed E-state index contributed by atoms with van der Waals surface area (Å²) in [7, 11) is 6.07. The minimum absolute atomic E-state index is 0.594. The quantitative estimate of drug-likeness (QED) is 0.720. The molecular weight excluding hydrogens is 334 g/mol. The van der Waals surface area contributed by atoms with Crippen LogP contribution in [0.3, 0.4) is 0 Å². The van der Waals surface area contributed by atoms with E-state index in [0.29, 0.717) is 12.2 Å². The normalized spacial score (nSPS) is 10.9. The van der Waals surface area contributed by atoms with Crippen molar-refractivity contribution < 1.29 is 4.74 Å². The van der Waals surface area contributed by atoms with E-state index in [0.717, 1.165) is 36.0 Å². The van der Waals surface area contributed by atoms with Crippen molar-refractivity contribution in [3.63, 3.8) is 0 Å². The number of nitriles is 1. The molecule has 2 aromatic carbocycles. The van der Waals surface area contributed by atoms with Crippen LogP contribution in [-0.4, -0.2) is 44.1 Å². The van der Waals surface area contributed by atoms with E-state index >= 15 is 0 Å². The van der Waals surface area contributed by atoms with Crippen LogP contribution in [0.4, 0.5) is 0 Å². The van der Waals surface area contributed by atoms with Crippen LogP contribution in [0.15, 0.2) is 42.5 Å². The molecule has 0 atom stereocenters. The zero-order valence-corrected chi connectivity index (χ0v) is 15.8. The fraction of sp³-hybridized carbons (Fsp3) is 0.350. The van der Waals surface area contributed by atoms with Crippen LogP contribution in [0.2, 0.25) is 5.02 Å². The number of benzene rings is 2. The number of hydrogen-bond acceptors (Lipinski definition) is 4. The molecule has 2 aromatic rings. The Morgan fingerprint density at radius 3 is 2.40 bits per heavy atom. The zero-order valence-electron chi connectivity index (χ0n) is 15.0. The Morgan fingerprint density at radius 2 is 1.76 bits per heavy atom. The standard InChI is InChI=1S/C20H24ClN3O/c1-23(2)15-18-12-17(13-22)6-9-20(18)25-11-10-24(3)14-16-4-7-19(21)8-5-16/h4-9,12H,10-11,14-15H2,1-3H3. The van der Waals surface area contributed by atoms with Crippen molar-refractivity contribution in [1.29, 1.82) is 5.26 Å². The smallest absolute Gasteiger partial charge is 0.123 e. The van der Waals surface area contributed by atoms with Gasteiger partial charge >= 0.3 is 0 Å². The third-order valence-corrected chi connectivity index (χ3v) is 4.02. The maximum atomic E-state index is 9.07. The van der Waals surface area contributed by atoms with Crippen molar-refractivity contribution in [2.75, 3.05) is 34.3 Å². The zero-order chi connectivity index (χ0) is 18.2. The molecule has 0 aliphatic carbocycles. The molecule has 0 amide bonds. The Kier molecular flexibility index (Phi) is 7.27. The van der Waals surface area contributed by atoms with E-state index in [9.17, 15) is 0 Å². The maximum Gasteiger partial charge on any atom is 0.123 e. The minimum atomic E-state index is 0.594. The highest BCUT2D eigenvalue weighted by atomic mass is 35.5. The van der Waals surface area contributed by atoms with E-state index in [1.54, 1.807) is 6.07 Å². The first-order valence-electron chi connectivity index (χ1n) is 8.21. The van der Waals surface area contributed by atoms with Gasteiger partial charge in [0.15, 0.2) is 0 Å². The molecule has 0 spiro atoms. The highest BCUT2D eigenvalue weighted by Crippen LogP contribution is 2.21. The molecule has 5 heteroatoms. The minimum Gasteiger partial charge on any atom is -0.492 e. The third kappa shape index (κ3) is 6.39. The van der Waals surface area contributed by atoms with Crippen LogP contribution in [0, 0.1) is 11.3 Å². The summed E-state index contributed by atoms with van der Waals surface area (Å²) in [5, 5.41) is 9.83. The van der Waals surface area contributed by atoms with E-state index < -0.39 is 0 Å². The lowest BCUT2D eigenvalue weighted by molar-refractivity contribution is 0.229. The Hall–Kier alpha value is -2.06. The fourth-order valence-electron chi connectivity index (χ4n) is 2.55. The Bertz CT molecular complexity index is 723. The van der Waals surface area contributed by atoms with Crippen molar-refractivity contribution in [3.8, 4) is 11.8 Å². The van der Waals surface area contributed by atoms with Crippen LogP contribution in [0.25, 0.3) is 0 Å². The number of nitrogens with zero attached hydrogens (tertiary/aromatic N) is 3. The van der Waals surface area contributed by atoms with Crippen molar-refractivity contribution in [2.45, 2.75) is 13.1 Å². The molecule has 0 aromatic heterocycles. The molecule has 0 unspecified atom stereocenters. The van der Waals surface area contributed by atoms with Crippen molar-refractivity contribution in [2.24, 2.45) is 0 Å². The number of ether oxygens (including phenoxy) is 1. The summed E-state index contributed by atoms with van der Waals surface area (Å²) in [6.07, 6.45) is 0. The van der Waals surface area contributed by atoms with Crippen LogP contribution in [-0.2, 0) is 13.1 Å². The molecule has 0 fully saturated rings. The second kappa shape index (κ2) is 9.43. The van der Waals surface area contributed by atoms with Gasteiger partial charge in [-0.2, -0.15) is 5.26 Å². The predicted octanol–water partition coefficient (Wildman–Crippen LogP) is 3.78. The number of rotatable bonds is 8. The van der Waals surface area contributed by atoms with Gasteiger partial charge in [0.2, 0.25) is 0 Å². The van der Waals surface area contributed by atoms with E-state index in [2.05, 4.69) is 22.9 Å². The average molecular weight is 358 g/mol. The summed E-state index contributed by atoms with van der Waals surface area (Å²) in [6.45, 7) is 2.99. The molecule has 0 radical (unpaired) electrons. The largest absolute Gasteiger partial charge is 0.492 e. The maximum absolute atomic E-state index is 9.07. The first-order valence-corrected chi connectivity index (χ1v) is 8.59. The van der Waals surface area contributed by atoms with Crippen LogP contribution >= 0.6 is 11.6 Å². The van der Waals surface area contributed by atoms with E-state index in [1.165, 1.54) is 5.56 Å². The van der Waals surface area contributed by atoms with Crippen LogP contribution in [0.5, 0.6) is 5.75 Å². The van der Waals surface area contributed by atoms with Crippen molar-refractivity contribution in [3.05, 3.63) is 64.2 Å². The molecule has 0 heterocycles. The van der Waals surface area contributed by atoms with Gasteiger partial charge in [0.25, 0.3) is 0 Å².